The average Bonchev–Trinajstić information content (AvgIpc) is 3.21. The van der Waals surface area contributed by atoms with E-state index in [0.29, 0.717) is 12.2 Å². The minimum atomic E-state index is -0.276. The second-order valence-electron chi connectivity index (χ2n) is 6.88. The lowest BCUT2D eigenvalue weighted by atomic mass is 10.1. The molecule has 1 fully saturated rings. The van der Waals surface area contributed by atoms with Gasteiger partial charge in [-0.25, -0.2) is 9.78 Å². The predicted octanol–water partition coefficient (Wildman–Crippen LogP) is 4.03. The molecular weight excluding hydrogens is 350 g/mol. The van der Waals surface area contributed by atoms with Crippen LogP contribution < -0.4 is 5.32 Å². The number of carbonyl (C=O) groups is 1. The van der Waals surface area contributed by atoms with Gasteiger partial charge in [0.2, 0.25) is 0 Å². The number of benzene rings is 2. The SMILES string of the molecule is Cc1cn(-c2ccc(/C=C3\NC(=O)N(Cc4ccccc4)C3=N)cc2C)cn1. The fourth-order valence-corrected chi connectivity index (χ4v) is 3.29. The van der Waals surface area contributed by atoms with Crippen molar-refractivity contribution in [3.63, 3.8) is 0 Å². The smallest absolute Gasteiger partial charge is 0.306 e. The van der Waals surface area contributed by atoms with Crippen molar-refractivity contribution in [2.45, 2.75) is 20.4 Å². The number of aromatic nitrogens is 2. The molecule has 2 aromatic carbocycles. The van der Waals surface area contributed by atoms with E-state index in [1.165, 1.54) is 4.90 Å². The van der Waals surface area contributed by atoms with Crippen molar-refractivity contribution in [1.82, 2.24) is 19.8 Å². The number of carbonyl (C=O) groups excluding carboxylic acids is 1. The van der Waals surface area contributed by atoms with Crippen LogP contribution >= 0.6 is 0 Å². The van der Waals surface area contributed by atoms with Crippen molar-refractivity contribution in [3.8, 4) is 5.69 Å². The highest BCUT2D eigenvalue weighted by Gasteiger charge is 2.30. The summed E-state index contributed by atoms with van der Waals surface area (Å²) in [7, 11) is 0. The zero-order valence-corrected chi connectivity index (χ0v) is 15.8. The number of amides is 2. The lowest BCUT2D eigenvalue weighted by molar-refractivity contribution is 0.227. The van der Waals surface area contributed by atoms with E-state index in [2.05, 4.69) is 10.3 Å². The van der Waals surface area contributed by atoms with Crippen molar-refractivity contribution in [1.29, 1.82) is 5.41 Å². The van der Waals surface area contributed by atoms with Crippen LogP contribution in [0.5, 0.6) is 0 Å². The minimum absolute atomic E-state index is 0.181. The topological polar surface area (TPSA) is 74.0 Å². The number of hydrogen-bond acceptors (Lipinski definition) is 3. The zero-order valence-electron chi connectivity index (χ0n) is 15.8. The summed E-state index contributed by atoms with van der Waals surface area (Å²) in [6.45, 7) is 4.37. The summed E-state index contributed by atoms with van der Waals surface area (Å²) >= 11 is 0. The summed E-state index contributed by atoms with van der Waals surface area (Å²) in [6.07, 6.45) is 5.61. The van der Waals surface area contributed by atoms with E-state index in [-0.39, 0.29) is 11.9 Å². The molecule has 2 amide bonds. The van der Waals surface area contributed by atoms with E-state index in [1.54, 1.807) is 6.33 Å². The molecule has 3 aromatic rings. The lowest BCUT2D eigenvalue weighted by Gasteiger charge is -2.13. The molecular formula is C22H21N5O. The van der Waals surface area contributed by atoms with E-state index in [4.69, 9.17) is 5.41 Å². The molecule has 140 valence electrons. The molecule has 1 saturated heterocycles. The summed E-state index contributed by atoms with van der Waals surface area (Å²) in [5, 5.41) is 11.2. The highest BCUT2D eigenvalue weighted by molar-refractivity contribution is 6.15. The maximum absolute atomic E-state index is 12.3. The standard InChI is InChI=1S/C22H21N5O/c1-15-10-18(8-9-20(15)26-12-16(2)24-14-26)11-19-21(23)27(22(28)25-19)13-17-6-4-3-5-7-17/h3-12,14,23H,13H2,1-2H3,(H,25,28)/b19-11-,23-21?. The van der Waals surface area contributed by atoms with Gasteiger partial charge in [-0.05, 0) is 48.7 Å². The molecule has 0 saturated carbocycles. The van der Waals surface area contributed by atoms with E-state index in [0.717, 1.165) is 28.1 Å². The van der Waals surface area contributed by atoms with Crippen LogP contribution in [-0.2, 0) is 6.54 Å². The number of hydrogen-bond donors (Lipinski definition) is 2. The molecule has 4 rings (SSSR count). The Hall–Kier alpha value is -3.67. The number of rotatable bonds is 4. The van der Waals surface area contributed by atoms with Gasteiger partial charge in [0.05, 0.1) is 24.3 Å². The second-order valence-corrected chi connectivity index (χ2v) is 6.88. The molecule has 1 aliphatic heterocycles. The van der Waals surface area contributed by atoms with Crippen LogP contribution in [0.2, 0.25) is 0 Å². The fourth-order valence-electron chi connectivity index (χ4n) is 3.29. The Balaban J connectivity index is 1.56. The largest absolute Gasteiger partial charge is 0.327 e. The van der Waals surface area contributed by atoms with Gasteiger partial charge in [-0.3, -0.25) is 10.3 Å². The van der Waals surface area contributed by atoms with Crippen LogP contribution in [-0.4, -0.2) is 26.3 Å². The van der Waals surface area contributed by atoms with Gasteiger partial charge in [-0.2, -0.15) is 0 Å². The molecule has 28 heavy (non-hydrogen) atoms. The Morgan fingerprint density at radius 2 is 1.93 bits per heavy atom. The number of nitrogens with zero attached hydrogens (tertiary/aromatic N) is 3. The first-order chi connectivity index (χ1) is 13.5. The van der Waals surface area contributed by atoms with Gasteiger partial charge in [0.15, 0.2) is 5.84 Å². The highest BCUT2D eigenvalue weighted by Crippen LogP contribution is 2.21. The average molecular weight is 371 g/mol. The van der Waals surface area contributed by atoms with Crippen LogP contribution in [0.1, 0.15) is 22.4 Å². The molecule has 1 aromatic heterocycles. The first-order valence-corrected chi connectivity index (χ1v) is 9.06. The molecule has 0 atom stereocenters. The normalized spacial score (nSPS) is 15.4. The number of aryl methyl sites for hydroxylation is 2. The summed E-state index contributed by atoms with van der Waals surface area (Å²) in [5.74, 6) is 0.181. The lowest BCUT2D eigenvalue weighted by Crippen LogP contribution is -2.29. The van der Waals surface area contributed by atoms with Crippen LogP contribution in [0.3, 0.4) is 0 Å². The first kappa shape index (κ1) is 17.7. The highest BCUT2D eigenvalue weighted by atomic mass is 16.2. The summed E-state index contributed by atoms with van der Waals surface area (Å²) < 4.78 is 1.99. The van der Waals surface area contributed by atoms with Gasteiger partial charge in [-0.1, -0.05) is 36.4 Å². The molecule has 0 bridgehead atoms. The molecule has 0 aliphatic carbocycles. The Kier molecular flexibility index (Phi) is 4.53. The second kappa shape index (κ2) is 7.15. The molecule has 6 heteroatoms. The van der Waals surface area contributed by atoms with Crippen molar-refractivity contribution >= 4 is 17.9 Å². The Morgan fingerprint density at radius 3 is 2.61 bits per heavy atom. The summed E-state index contributed by atoms with van der Waals surface area (Å²) in [5.41, 5.74) is 5.53. The minimum Gasteiger partial charge on any atom is -0.306 e. The third-order valence-electron chi connectivity index (χ3n) is 4.72. The molecule has 0 spiro atoms. The van der Waals surface area contributed by atoms with Gasteiger partial charge in [0, 0.05) is 11.9 Å². The van der Waals surface area contributed by atoms with Gasteiger partial charge in [0.1, 0.15) is 0 Å². The Morgan fingerprint density at radius 1 is 1.14 bits per heavy atom. The molecule has 1 aliphatic rings. The number of amidine groups is 1. The van der Waals surface area contributed by atoms with E-state index in [1.807, 2.05) is 79.2 Å². The predicted molar refractivity (Wildman–Crippen MR) is 109 cm³/mol. The fraction of sp³-hybridized carbons (Fsp3) is 0.136. The van der Waals surface area contributed by atoms with Crippen molar-refractivity contribution in [2.24, 2.45) is 0 Å². The summed E-state index contributed by atoms with van der Waals surface area (Å²) in [6, 6.07) is 15.4. The van der Waals surface area contributed by atoms with Crippen LogP contribution in [0.25, 0.3) is 11.8 Å². The van der Waals surface area contributed by atoms with Crippen LogP contribution in [0, 0.1) is 19.3 Å². The maximum Gasteiger partial charge on any atom is 0.327 e. The Labute approximate surface area is 163 Å². The van der Waals surface area contributed by atoms with Gasteiger partial charge in [0.25, 0.3) is 0 Å². The van der Waals surface area contributed by atoms with Crippen LogP contribution in [0.4, 0.5) is 4.79 Å². The van der Waals surface area contributed by atoms with Gasteiger partial charge < -0.3 is 9.88 Å². The molecule has 0 radical (unpaired) electrons. The van der Waals surface area contributed by atoms with E-state index < -0.39 is 0 Å². The number of imidazole rings is 1. The van der Waals surface area contributed by atoms with Gasteiger partial charge >= 0.3 is 6.03 Å². The molecule has 0 unspecified atom stereocenters. The van der Waals surface area contributed by atoms with Gasteiger partial charge in [-0.15, -0.1) is 0 Å². The third-order valence-corrected chi connectivity index (χ3v) is 4.72. The maximum atomic E-state index is 12.3. The molecule has 2 N–H and O–H groups in total. The third kappa shape index (κ3) is 3.44. The van der Waals surface area contributed by atoms with E-state index >= 15 is 0 Å². The monoisotopic (exact) mass is 371 g/mol. The molecule has 6 nitrogen and oxygen atoms in total. The number of urea groups is 1. The molecule has 2 heterocycles. The first-order valence-electron chi connectivity index (χ1n) is 9.06. The Bertz CT molecular complexity index is 1080. The quantitative estimate of drug-likeness (QED) is 0.726. The number of nitrogens with one attached hydrogen (secondary N) is 2. The van der Waals surface area contributed by atoms with Crippen molar-refractivity contribution in [2.75, 3.05) is 0 Å². The van der Waals surface area contributed by atoms with Crippen molar-refractivity contribution < 1.29 is 4.79 Å². The van der Waals surface area contributed by atoms with Crippen LogP contribution in [0.15, 0.2) is 66.8 Å². The summed E-state index contributed by atoms with van der Waals surface area (Å²) in [4.78, 5) is 18.0. The zero-order chi connectivity index (χ0) is 19.7. The van der Waals surface area contributed by atoms with Crippen molar-refractivity contribution in [3.05, 3.63) is 89.1 Å². The van der Waals surface area contributed by atoms with E-state index in [9.17, 15) is 4.79 Å².